The van der Waals surface area contributed by atoms with Gasteiger partial charge in [0, 0.05) is 10.0 Å². The molecule has 1 N–H and O–H groups in total. The van der Waals surface area contributed by atoms with Crippen LogP contribution in [-0.4, -0.2) is 21.3 Å². The summed E-state index contributed by atoms with van der Waals surface area (Å²) in [5, 5.41) is 17.6. The molecule has 0 amide bonds. The summed E-state index contributed by atoms with van der Waals surface area (Å²) in [6.45, 7) is 3.32. The number of hydrogen-bond donors (Lipinski definition) is 1. The summed E-state index contributed by atoms with van der Waals surface area (Å²) < 4.78 is 5.44. The Morgan fingerprint density at radius 3 is 2.30 bits per heavy atom. The maximum atomic E-state index is 11.3. The van der Waals surface area contributed by atoms with Gasteiger partial charge in [-0.1, -0.05) is 23.2 Å². The van der Waals surface area contributed by atoms with Crippen LogP contribution in [0.25, 0.3) is 0 Å². The fourth-order valence-corrected chi connectivity index (χ4v) is 2.12. The van der Waals surface area contributed by atoms with Crippen LogP contribution in [0.2, 0.25) is 10.0 Å². The zero-order valence-electron chi connectivity index (χ0n) is 10.6. The number of rotatable bonds is 3. The van der Waals surface area contributed by atoms with E-state index >= 15 is 0 Å². The fourth-order valence-electron chi connectivity index (χ4n) is 1.61. The van der Waals surface area contributed by atoms with Crippen molar-refractivity contribution >= 4 is 29.2 Å². The summed E-state index contributed by atoms with van der Waals surface area (Å²) in [5.41, 5.74) is 0.989. The predicted octanol–water partition coefficient (Wildman–Crippen LogP) is 3.89. The van der Waals surface area contributed by atoms with Gasteiger partial charge in [-0.3, -0.25) is 0 Å². The zero-order chi connectivity index (χ0) is 14.9. The number of carbonyl (C=O) groups is 1. The summed E-state index contributed by atoms with van der Waals surface area (Å²) in [6.07, 6.45) is 0. The normalized spacial score (nSPS) is 10.4. The lowest BCUT2D eigenvalue weighted by Gasteiger charge is -2.10. The maximum Gasteiger partial charge on any atom is 0.341 e. The third-order valence-corrected chi connectivity index (χ3v) is 3.12. The first-order valence-electron chi connectivity index (χ1n) is 5.59. The van der Waals surface area contributed by atoms with E-state index in [9.17, 15) is 9.90 Å². The van der Waals surface area contributed by atoms with E-state index in [0.717, 1.165) is 0 Å². The molecule has 0 aliphatic carbocycles. The van der Waals surface area contributed by atoms with E-state index in [-0.39, 0.29) is 11.4 Å². The first-order valence-corrected chi connectivity index (χ1v) is 6.35. The second-order valence-electron chi connectivity index (χ2n) is 4.10. The van der Waals surface area contributed by atoms with Gasteiger partial charge in [0.05, 0.1) is 5.69 Å². The van der Waals surface area contributed by atoms with E-state index < -0.39 is 5.97 Å². The van der Waals surface area contributed by atoms with Gasteiger partial charge in [0.2, 0.25) is 0 Å². The molecule has 0 bridgehead atoms. The van der Waals surface area contributed by atoms with E-state index in [4.69, 9.17) is 27.9 Å². The molecule has 0 radical (unpaired) electrons. The Bertz CT molecular complexity index is 669. The van der Waals surface area contributed by atoms with Crippen molar-refractivity contribution in [1.29, 1.82) is 0 Å². The van der Waals surface area contributed by atoms with Crippen LogP contribution in [0.3, 0.4) is 0 Å². The molecule has 0 aliphatic rings. The van der Waals surface area contributed by atoms with Gasteiger partial charge in [0.1, 0.15) is 11.3 Å². The molecule has 2 rings (SSSR count). The van der Waals surface area contributed by atoms with Crippen LogP contribution in [0.4, 0.5) is 0 Å². The third-order valence-electron chi connectivity index (χ3n) is 2.69. The highest BCUT2D eigenvalue weighted by molar-refractivity contribution is 6.34. The SMILES string of the molecule is Cc1nnc(Oc2cc(Cl)cc(Cl)c2)c(C(=O)O)c1C. The Morgan fingerprint density at radius 1 is 1.15 bits per heavy atom. The molecule has 1 aromatic carbocycles. The van der Waals surface area contributed by atoms with E-state index in [1.807, 2.05) is 0 Å². The van der Waals surface area contributed by atoms with Crippen LogP contribution in [0.15, 0.2) is 18.2 Å². The average Bonchev–Trinajstić information content (AvgIpc) is 2.32. The Labute approximate surface area is 125 Å². The number of carboxylic acids is 1. The molecule has 1 heterocycles. The molecular formula is C13H10Cl2N2O3. The molecule has 2 aromatic rings. The zero-order valence-corrected chi connectivity index (χ0v) is 12.2. The molecule has 0 atom stereocenters. The van der Waals surface area contributed by atoms with Gasteiger partial charge < -0.3 is 9.84 Å². The van der Waals surface area contributed by atoms with Crippen molar-refractivity contribution in [2.24, 2.45) is 0 Å². The van der Waals surface area contributed by atoms with Crippen LogP contribution in [0.5, 0.6) is 11.6 Å². The first-order chi connectivity index (χ1) is 9.38. The molecule has 0 aliphatic heterocycles. The number of carboxylic acid groups (broad SMARTS) is 1. The van der Waals surface area contributed by atoms with Crippen molar-refractivity contribution < 1.29 is 14.6 Å². The lowest BCUT2D eigenvalue weighted by atomic mass is 10.1. The fraction of sp³-hybridized carbons (Fsp3) is 0.154. The summed E-state index contributed by atoms with van der Waals surface area (Å²) in [6, 6.07) is 4.56. The molecule has 20 heavy (non-hydrogen) atoms. The number of nitrogens with zero attached hydrogens (tertiary/aromatic N) is 2. The molecule has 7 heteroatoms. The average molecular weight is 313 g/mol. The molecule has 0 saturated carbocycles. The Morgan fingerprint density at radius 2 is 1.75 bits per heavy atom. The smallest absolute Gasteiger partial charge is 0.341 e. The van der Waals surface area contributed by atoms with Crippen LogP contribution >= 0.6 is 23.2 Å². The largest absolute Gasteiger partial charge is 0.477 e. The van der Waals surface area contributed by atoms with Gasteiger partial charge in [0.25, 0.3) is 5.88 Å². The molecule has 0 saturated heterocycles. The summed E-state index contributed by atoms with van der Waals surface area (Å²) in [7, 11) is 0. The summed E-state index contributed by atoms with van der Waals surface area (Å²) >= 11 is 11.7. The summed E-state index contributed by atoms with van der Waals surface area (Å²) in [5.74, 6) is -0.940. The second kappa shape index (κ2) is 5.64. The molecule has 1 aromatic heterocycles. The van der Waals surface area contributed by atoms with Crippen molar-refractivity contribution in [1.82, 2.24) is 10.2 Å². The van der Waals surface area contributed by atoms with Crippen molar-refractivity contribution in [3.8, 4) is 11.6 Å². The highest BCUT2D eigenvalue weighted by Crippen LogP contribution is 2.30. The minimum atomic E-state index is -1.14. The number of benzene rings is 1. The number of hydrogen-bond acceptors (Lipinski definition) is 4. The predicted molar refractivity (Wildman–Crippen MR) is 75.0 cm³/mol. The third kappa shape index (κ3) is 3.00. The van der Waals surface area contributed by atoms with E-state index in [1.165, 1.54) is 12.1 Å². The molecular weight excluding hydrogens is 303 g/mol. The number of aromatic nitrogens is 2. The lowest BCUT2D eigenvalue weighted by molar-refractivity contribution is 0.0692. The monoisotopic (exact) mass is 312 g/mol. The molecule has 5 nitrogen and oxygen atoms in total. The van der Waals surface area contributed by atoms with Gasteiger partial charge in [0.15, 0.2) is 0 Å². The quantitative estimate of drug-likeness (QED) is 0.930. The Hall–Kier alpha value is -1.85. The lowest BCUT2D eigenvalue weighted by Crippen LogP contribution is -2.08. The van der Waals surface area contributed by atoms with Gasteiger partial charge >= 0.3 is 5.97 Å². The van der Waals surface area contributed by atoms with Gasteiger partial charge in [-0.2, -0.15) is 5.10 Å². The van der Waals surface area contributed by atoms with Gasteiger partial charge in [-0.25, -0.2) is 4.79 Å². The maximum absolute atomic E-state index is 11.3. The number of aromatic carboxylic acids is 1. The summed E-state index contributed by atoms with van der Waals surface area (Å²) in [4.78, 5) is 11.3. The first kappa shape index (κ1) is 14.6. The minimum absolute atomic E-state index is 0.0337. The highest BCUT2D eigenvalue weighted by Gasteiger charge is 2.19. The van der Waals surface area contributed by atoms with Gasteiger partial charge in [-0.15, -0.1) is 5.10 Å². The Kier molecular flexibility index (Phi) is 4.11. The van der Waals surface area contributed by atoms with Crippen molar-refractivity contribution in [2.75, 3.05) is 0 Å². The van der Waals surface area contributed by atoms with Crippen molar-refractivity contribution in [3.63, 3.8) is 0 Å². The van der Waals surface area contributed by atoms with Crippen molar-refractivity contribution in [3.05, 3.63) is 45.1 Å². The van der Waals surface area contributed by atoms with Crippen LogP contribution in [-0.2, 0) is 0 Å². The molecule has 0 fully saturated rings. The molecule has 0 spiro atoms. The number of ether oxygens (including phenoxy) is 1. The molecule has 0 unspecified atom stereocenters. The highest BCUT2D eigenvalue weighted by atomic mass is 35.5. The van der Waals surface area contributed by atoms with E-state index in [2.05, 4.69) is 10.2 Å². The van der Waals surface area contributed by atoms with Crippen LogP contribution in [0, 0.1) is 13.8 Å². The Balaban J connectivity index is 2.48. The second-order valence-corrected chi connectivity index (χ2v) is 4.98. The van der Waals surface area contributed by atoms with Crippen LogP contribution < -0.4 is 4.74 Å². The minimum Gasteiger partial charge on any atom is -0.477 e. The number of halogens is 2. The van der Waals surface area contributed by atoms with E-state index in [0.29, 0.717) is 27.1 Å². The van der Waals surface area contributed by atoms with Gasteiger partial charge in [-0.05, 0) is 37.6 Å². The van der Waals surface area contributed by atoms with E-state index in [1.54, 1.807) is 19.9 Å². The topological polar surface area (TPSA) is 72.3 Å². The molecule has 104 valence electrons. The van der Waals surface area contributed by atoms with Crippen LogP contribution in [0.1, 0.15) is 21.6 Å². The number of aryl methyl sites for hydroxylation is 1. The standard InChI is InChI=1S/C13H10Cl2N2O3/c1-6-7(2)16-17-12(11(6)13(18)19)20-10-4-8(14)3-9(15)5-10/h3-5H,1-2H3,(H,18,19). The van der Waals surface area contributed by atoms with Crippen molar-refractivity contribution in [2.45, 2.75) is 13.8 Å².